The summed E-state index contributed by atoms with van der Waals surface area (Å²) in [4.78, 5) is 34.1. The Balaban J connectivity index is -0.0000000884. The van der Waals surface area contributed by atoms with Gasteiger partial charge in [0.05, 0.1) is 0 Å². The third kappa shape index (κ3) is 86.6. The molecule has 3 heteroatoms. The standard InChI is InChI=1S/C14H24O3.6C5H12/c1-5-6-7-14(8-11(2)15,9-12(3)16)10-13(4)17;6*1-3-5-4-2/h5-10H2,1-4H3;6*3-5H2,1-2H3. The van der Waals surface area contributed by atoms with Gasteiger partial charge in [0, 0.05) is 19.3 Å². The van der Waals surface area contributed by atoms with Gasteiger partial charge in [0.1, 0.15) is 17.3 Å². The average molecular weight is 673 g/mol. The number of carbonyl (C=O) groups excluding carboxylic acids is 3. The lowest BCUT2D eigenvalue weighted by Gasteiger charge is -2.31. The summed E-state index contributed by atoms with van der Waals surface area (Å²) in [5.41, 5.74) is -0.431. The Bertz CT molecular complexity index is 439. The second-order valence-electron chi connectivity index (χ2n) is 13.4. The van der Waals surface area contributed by atoms with Gasteiger partial charge in [-0.25, -0.2) is 0 Å². The van der Waals surface area contributed by atoms with Crippen LogP contribution in [-0.2, 0) is 14.4 Å². The Morgan fingerprint density at radius 3 is 0.532 bits per heavy atom. The second-order valence-corrected chi connectivity index (χ2v) is 13.4. The highest BCUT2D eigenvalue weighted by atomic mass is 16.1. The first-order valence-electron chi connectivity index (χ1n) is 20.8. The highest BCUT2D eigenvalue weighted by Gasteiger charge is 2.33. The number of Topliss-reactive ketones (excluding diaryl/α,β-unsaturated/α-hetero) is 3. The zero-order chi connectivity index (χ0) is 38.2. The van der Waals surface area contributed by atoms with Gasteiger partial charge >= 0.3 is 0 Å². The smallest absolute Gasteiger partial charge is 0.130 e. The van der Waals surface area contributed by atoms with Crippen LogP contribution in [0.4, 0.5) is 0 Å². The maximum Gasteiger partial charge on any atom is 0.130 e. The Labute approximate surface area is 301 Å². The largest absolute Gasteiger partial charge is 0.300 e. The molecule has 0 N–H and O–H groups in total. The fourth-order valence-corrected chi connectivity index (χ4v) is 4.71. The van der Waals surface area contributed by atoms with E-state index < -0.39 is 5.41 Å². The van der Waals surface area contributed by atoms with Gasteiger partial charge in [-0.1, -0.05) is 218 Å². The quantitative estimate of drug-likeness (QED) is 0.122. The lowest BCUT2D eigenvalue weighted by molar-refractivity contribution is -0.125. The molecule has 0 atom stereocenters. The van der Waals surface area contributed by atoms with Crippen LogP contribution in [0.25, 0.3) is 0 Å². The van der Waals surface area contributed by atoms with Gasteiger partial charge in [0.2, 0.25) is 0 Å². The first kappa shape index (κ1) is 61.3. The minimum absolute atomic E-state index is 0.0589. The molecule has 290 valence electrons. The number of ketones is 3. The Kier molecular flexibility index (Phi) is 78.6. The lowest BCUT2D eigenvalue weighted by Crippen LogP contribution is -2.29. The van der Waals surface area contributed by atoms with Crippen LogP contribution in [0.15, 0.2) is 0 Å². The van der Waals surface area contributed by atoms with Gasteiger partial charge in [0.25, 0.3) is 0 Å². The number of hydrogen-bond acceptors (Lipinski definition) is 3. The molecule has 0 rings (SSSR count). The van der Waals surface area contributed by atoms with E-state index >= 15 is 0 Å². The van der Waals surface area contributed by atoms with E-state index in [1.807, 2.05) is 0 Å². The van der Waals surface area contributed by atoms with Gasteiger partial charge in [-0.2, -0.15) is 0 Å². The van der Waals surface area contributed by atoms with Crippen molar-refractivity contribution in [1.29, 1.82) is 0 Å². The van der Waals surface area contributed by atoms with E-state index in [-0.39, 0.29) is 17.3 Å². The van der Waals surface area contributed by atoms with E-state index in [1.54, 1.807) is 0 Å². The molecule has 47 heavy (non-hydrogen) atoms. The van der Waals surface area contributed by atoms with Crippen molar-refractivity contribution in [3.63, 3.8) is 0 Å². The second kappa shape index (κ2) is 60.3. The predicted molar refractivity (Wildman–Crippen MR) is 219 cm³/mol. The van der Waals surface area contributed by atoms with Crippen LogP contribution < -0.4 is 0 Å². The summed E-state index contributed by atoms with van der Waals surface area (Å²) >= 11 is 0. The van der Waals surface area contributed by atoms with E-state index in [9.17, 15) is 14.4 Å². The zero-order valence-electron chi connectivity index (χ0n) is 36.2. The van der Waals surface area contributed by atoms with Crippen LogP contribution in [0.3, 0.4) is 0 Å². The molecule has 0 aromatic heterocycles. The van der Waals surface area contributed by atoms with E-state index in [0.29, 0.717) is 19.3 Å². The summed E-state index contributed by atoms with van der Waals surface area (Å²) < 4.78 is 0. The van der Waals surface area contributed by atoms with Gasteiger partial charge in [-0.15, -0.1) is 0 Å². The average Bonchev–Trinajstić information content (AvgIpc) is 2.99. The van der Waals surface area contributed by atoms with Crippen LogP contribution in [0.5, 0.6) is 0 Å². The van der Waals surface area contributed by atoms with Gasteiger partial charge < -0.3 is 14.4 Å². The summed E-state index contributed by atoms with van der Waals surface area (Å²) in [6.07, 6.45) is 28.2. The fraction of sp³-hybridized carbons (Fsp3) is 0.932. The minimum Gasteiger partial charge on any atom is -0.300 e. The molecule has 0 aliphatic rings. The number of carbonyl (C=O) groups is 3. The van der Waals surface area contributed by atoms with Gasteiger partial charge in [-0.3, -0.25) is 0 Å². The molecule has 0 saturated heterocycles. The minimum atomic E-state index is -0.431. The summed E-state index contributed by atoms with van der Waals surface area (Å²) in [7, 11) is 0. The topological polar surface area (TPSA) is 51.2 Å². The highest BCUT2D eigenvalue weighted by molar-refractivity contribution is 5.83. The molecule has 0 aliphatic carbocycles. The van der Waals surface area contributed by atoms with Crippen LogP contribution in [0, 0.1) is 5.41 Å². The number of rotatable bonds is 21. The fourth-order valence-electron chi connectivity index (χ4n) is 4.71. The number of unbranched alkanes of at least 4 members (excludes halogenated alkanes) is 13. The van der Waals surface area contributed by atoms with Crippen molar-refractivity contribution in [2.75, 3.05) is 0 Å². The van der Waals surface area contributed by atoms with Gasteiger partial charge in [-0.05, 0) is 32.6 Å². The molecule has 0 unspecified atom stereocenters. The third-order valence-electron chi connectivity index (χ3n) is 7.18. The molecule has 3 nitrogen and oxygen atoms in total. The van der Waals surface area contributed by atoms with Crippen molar-refractivity contribution < 1.29 is 14.4 Å². The Morgan fingerprint density at radius 2 is 0.447 bits per heavy atom. The molecule has 0 amide bonds. The van der Waals surface area contributed by atoms with E-state index in [0.717, 1.165) is 19.3 Å². The van der Waals surface area contributed by atoms with Crippen molar-refractivity contribution in [1.82, 2.24) is 0 Å². The molecule has 0 bridgehead atoms. The summed E-state index contributed by atoms with van der Waals surface area (Å²) in [6.45, 7) is 33.2. The molecular weight excluding hydrogens is 576 g/mol. The van der Waals surface area contributed by atoms with Gasteiger partial charge in [0.15, 0.2) is 0 Å². The third-order valence-corrected chi connectivity index (χ3v) is 7.18. The van der Waals surface area contributed by atoms with Crippen LogP contribution in [0.2, 0.25) is 0 Å². The molecule has 0 heterocycles. The maximum atomic E-state index is 11.4. The SMILES string of the molecule is CCCCC.CCCCC.CCCCC.CCCCC.CCCCC.CCCCC.CCCCC(CC(C)=O)(CC(C)=O)CC(C)=O. The molecule has 0 radical (unpaired) electrons. The molecule has 0 aliphatic heterocycles. The molecule has 0 fully saturated rings. The predicted octanol–water partition coefficient (Wildman–Crippen LogP) is 16.3. The molecule has 0 aromatic carbocycles. The van der Waals surface area contributed by atoms with E-state index in [2.05, 4.69) is 90.0 Å². The first-order chi connectivity index (χ1) is 22.3. The van der Waals surface area contributed by atoms with Crippen molar-refractivity contribution in [2.45, 2.75) is 265 Å². The maximum absolute atomic E-state index is 11.4. The van der Waals surface area contributed by atoms with Crippen LogP contribution in [0.1, 0.15) is 265 Å². The van der Waals surface area contributed by atoms with E-state index in [1.165, 1.54) is 136 Å². The lowest BCUT2D eigenvalue weighted by atomic mass is 9.71. The molecule has 0 saturated carbocycles. The number of hydrogen-bond donors (Lipinski definition) is 0. The Morgan fingerprint density at radius 1 is 0.298 bits per heavy atom. The van der Waals surface area contributed by atoms with Crippen LogP contribution in [-0.4, -0.2) is 17.3 Å². The Hall–Kier alpha value is -0.990. The highest BCUT2D eigenvalue weighted by Crippen LogP contribution is 2.37. The van der Waals surface area contributed by atoms with Crippen molar-refractivity contribution in [3.05, 3.63) is 0 Å². The first-order valence-corrected chi connectivity index (χ1v) is 20.8. The summed E-state index contributed by atoms with van der Waals surface area (Å²) in [5, 5.41) is 0. The molecule has 0 aromatic rings. The molecule has 0 spiro atoms. The van der Waals surface area contributed by atoms with Crippen LogP contribution >= 0.6 is 0 Å². The molecular formula is C44H96O3. The monoisotopic (exact) mass is 673 g/mol. The van der Waals surface area contributed by atoms with E-state index in [4.69, 9.17) is 0 Å². The zero-order valence-corrected chi connectivity index (χ0v) is 36.2. The normalized spacial score (nSPS) is 9.45. The van der Waals surface area contributed by atoms with Crippen molar-refractivity contribution in [3.8, 4) is 0 Å². The summed E-state index contributed by atoms with van der Waals surface area (Å²) in [5.74, 6) is 0.177. The van der Waals surface area contributed by atoms with Crippen molar-refractivity contribution in [2.24, 2.45) is 5.41 Å². The summed E-state index contributed by atoms with van der Waals surface area (Å²) in [6, 6.07) is 0. The van der Waals surface area contributed by atoms with Crippen molar-refractivity contribution >= 4 is 17.3 Å².